The van der Waals surface area contributed by atoms with Gasteiger partial charge in [0.05, 0.1) is 19.1 Å². The number of nitrogens with one attached hydrogen (secondary N) is 1. The highest BCUT2D eigenvalue weighted by Crippen LogP contribution is 2.24. The molecule has 1 fully saturated rings. The number of ketones is 1. The van der Waals surface area contributed by atoms with Crippen molar-refractivity contribution in [2.24, 2.45) is 5.92 Å². The zero-order valence-corrected chi connectivity index (χ0v) is 13.8. The normalized spacial score (nSPS) is 22.1. The smallest absolute Gasteiger partial charge is 0.144 e. The molecular formula is C15H19BrClNO2. The molecule has 2 unspecified atom stereocenters. The summed E-state index contributed by atoms with van der Waals surface area (Å²) < 4.78 is 6.37. The number of hydrogen-bond donors (Lipinski definition) is 1. The minimum absolute atomic E-state index is 0.0683. The highest BCUT2D eigenvalue weighted by molar-refractivity contribution is 9.10. The van der Waals surface area contributed by atoms with Crippen LogP contribution in [0.15, 0.2) is 22.7 Å². The molecule has 3 nitrogen and oxygen atoms in total. The van der Waals surface area contributed by atoms with Crippen molar-refractivity contribution in [1.82, 2.24) is 5.32 Å². The summed E-state index contributed by atoms with van der Waals surface area (Å²) in [4.78, 5) is 12.4. The summed E-state index contributed by atoms with van der Waals surface area (Å²) in [6.07, 6.45) is 1.42. The summed E-state index contributed by atoms with van der Waals surface area (Å²) in [5.41, 5.74) is 0.876. The molecule has 1 aliphatic rings. The van der Waals surface area contributed by atoms with Crippen molar-refractivity contribution in [3.8, 4) is 0 Å². The minimum atomic E-state index is -0.0683. The lowest BCUT2D eigenvalue weighted by molar-refractivity contribution is -0.122. The van der Waals surface area contributed by atoms with Crippen LogP contribution in [0.3, 0.4) is 0 Å². The van der Waals surface area contributed by atoms with E-state index in [9.17, 15) is 4.79 Å². The summed E-state index contributed by atoms with van der Waals surface area (Å²) in [7, 11) is 0. The Hall–Kier alpha value is -0.420. The van der Waals surface area contributed by atoms with Crippen LogP contribution in [0.2, 0.25) is 5.02 Å². The Morgan fingerprint density at radius 1 is 1.50 bits per heavy atom. The van der Waals surface area contributed by atoms with Crippen LogP contribution >= 0.6 is 27.5 Å². The second kappa shape index (κ2) is 7.55. The van der Waals surface area contributed by atoms with Gasteiger partial charge >= 0.3 is 0 Å². The Kier molecular flexibility index (Phi) is 6.02. The van der Waals surface area contributed by atoms with Gasteiger partial charge in [-0.3, -0.25) is 4.79 Å². The second-order valence-electron chi connectivity index (χ2n) is 5.08. The largest absolute Gasteiger partial charge is 0.379 e. The van der Waals surface area contributed by atoms with Gasteiger partial charge in [0.15, 0.2) is 0 Å². The van der Waals surface area contributed by atoms with Gasteiger partial charge in [-0.25, -0.2) is 0 Å². The van der Waals surface area contributed by atoms with Crippen molar-refractivity contribution in [3.05, 3.63) is 33.3 Å². The fourth-order valence-corrected chi connectivity index (χ4v) is 3.13. The zero-order chi connectivity index (χ0) is 14.5. The lowest BCUT2D eigenvalue weighted by atomic mass is 9.93. The Labute approximate surface area is 133 Å². The lowest BCUT2D eigenvalue weighted by Crippen LogP contribution is -2.40. The summed E-state index contributed by atoms with van der Waals surface area (Å²) >= 11 is 9.54. The Morgan fingerprint density at radius 3 is 3.00 bits per heavy atom. The van der Waals surface area contributed by atoms with Crippen LogP contribution in [-0.2, 0) is 16.0 Å². The predicted molar refractivity (Wildman–Crippen MR) is 84.3 cm³/mol. The van der Waals surface area contributed by atoms with Crippen LogP contribution in [0.1, 0.15) is 18.9 Å². The first kappa shape index (κ1) is 16.0. The van der Waals surface area contributed by atoms with Gasteiger partial charge in [0, 0.05) is 22.0 Å². The predicted octanol–water partition coefficient (Wildman–Crippen LogP) is 3.23. The topological polar surface area (TPSA) is 38.3 Å². The van der Waals surface area contributed by atoms with Gasteiger partial charge < -0.3 is 10.1 Å². The Morgan fingerprint density at radius 2 is 2.30 bits per heavy atom. The average Bonchev–Trinajstić information content (AvgIpc) is 2.88. The standard InChI is InChI=1S/C15H19BrClNO2/c1-2-5-18-14-9-20-8-12(14)15(19)6-10-3-4-11(16)7-13(10)17/h3-4,7,12,14,18H,2,5-6,8-9H2,1H3. The SMILES string of the molecule is CCCNC1COCC1C(=O)Cc1ccc(Br)cc1Cl. The second-order valence-corrected chi connectivity index (χ2v) is 6.41. The van der Waals surface area contributed by atoms with Crippen molar-refractivity contribution in [1.29, 1.82) is 0 Å². The van der Waals surface area contributed by atoms with Crippen molar-refractivity contribution in [2.45, 2.75) is 25.8 Å². The fourth-order valence-electron chi connectivity index (χ4n) is 2.39. The first-order valence-electron chi connectivity index (χ1n) is 6.89. The zero-order valence-electron chi connectivity index (χ0n) is 11.5. The molecule has 2 rings (SSSR count). The molecule has 2 atom stereocenters. The first-order chi connectivity index (χ1) is 9.61. The number of halogens is 2. The molecular weight excluding hydrogens is 342 g/mol. The maximum absolute atomic E-state index is 12.4. The van der Waals surface area contributed by atoms with Gasteiger partial charge in [-0.15, -0.1) is 0 Å². The number of hydrogen-bond acceptors (Lipinski definition) is 3. The molecule has 0 aromatic heterocycles. The average molecular weight is 361 g/mol. The third-order valence-electron chi connectivity index (χ3n) is 3.53. The van der Waals surface area contributed by atoms with E-state index >= 15 is 0 Å². The van der Waals surface area contributed by atoms with Gasteiger partial charge in [0.25, 0.3) is 0 Å². The summed E-state index contributed by atoms with van der Waals surface area (Å²) in [5, 5.41) is 4.01. The molecule has 0 spiro atoms. The van der Waals surface area contributed by atoms with E-state index in [1.807, 2.05) is 18.2 Å². The van der Waals surface area contributed by atoms with Gasteiger partial charge in [-0.1, -0.05) is 40.5 Å². The molecule has 110 valence electrons. The summed E-state index contributed by atoms with van der Waals surface area (Å²) in [6.45, 7) is 4.15. The highest BCUT2D eigenvalue weighted by Gasteiger charge is 2.33. The molecule has 1 aliphatic heterocycles. The van der Waals surface area contributed by atoms with Crippen LogP contribution in [0, 0.1) is 5.92 Å². The molecule has 1 saturated heterocycles. The Bertz CT molecular complexity index is 481. The van der Waals surface area contributed by atoms with E-state index in [2.05, 4.69) is 28.2 Å². The third kappa shape index (κ3) is 4.04. The molecule has 5 heteroatoms. The minimum Gasteiger partial charge on any atom is -0.379 e. The molecule has 20 heavy (non-hydrogen) atoms. The van der Waals surface area contributed by atoms with Gasteiger partial charge in [0.1, 0.15) is 5.78 Å². The number of Topliss-reactive ketones (excluding diaryl/α,β-unsaturated/α-hetero) is 1. The maximum atomic E-state index is 12.4. The Balaban J connectivity index is 2.00. The van der Waals surface area contributed by atoms with E-state index in [1.165, 1.54) is 0 Å². The molecule has 1 aromatic rings. The highest BCUT2D eigenvalue weighted by atomic mass is 79.9. The fraction of sp³-hybridized carbons (Fsp3) is 0.533. The van der Waals surface area contributed by atoms with Crippen molar-refractivity contribution < 1.29 is 9.53 Å². The van der Waals surface area contributed by atoms with Gasteiger partial charge in [0.2, 0.25) is 0 Å². The first-order valence-corrected chi connectivity index (χ1v) is 8.06. The molecule has 0 saturated carbocycles. The third-order valence-corrected chi connectivity index (χ3v) is 4.38. The van der Waals surface area contributed by atoms with Crippen molar-refractivity contribution in [2.75, 3.05) is 19.8 Å². The summed E-state index contributed by atoms with van der Waals surface area (Å²) in [5.74, 6) is 0.126. The van der Waals surface area contributed by atoms with Crippen molar-refractivity contribution in [3.63, 3.8) is 0 Å². The van der Waals surface area contributed by atoms with E-state index in [-0.39, 0.29) is 17.7 Å². The number of carbonyl (C=O) groups excluding carboxylic acids is 1. The van der Waals surface area contributed by atoms with Crippen LogP contribution < -0.4 is 5.32 Å². The van der Waals surface area contributed by atoms with Gasteiger partial charge in [-0.05, 0) is 30.7 Å². The molecule has 0 bridgehead atoms. The van der Waals surface area contributed by atoms with Crippen LogP contribution in [0.4, 0.5) is 0 Å². The maximum Gasteiger partial charge on any atom is 0.144 e. The van der Waals surface area contributed by atoms with Crippen LogP contribution in [-0.4, -0.2) is 31.6 Å². The van der Waals surface area contributed by atoms with E-state index < -0.39 is 0 Å². The molecule has 1 heterocycles. The van der Waals surface area contributed by atoms with Crippen molar-refractivity contribution >= 4 is 33.3 Å². The lowest BCUT2D eigenvalue weighted by Gasteiger charge is -2.18. The van der Waals surface area contributed by atoms with E-state index in [1.54, 1.807) is 0 Å². The van der Waals surface area contributed by atoms with E-state index in [0.29, 0.717) is 24.7 Å². The monoisotopic (exact) mass is 359 g/mol. The number of rotatable bonds is 6. The number of carbonyl (C=O) groups is 1. The molecule has 0 aliphatic carbocycles. The van der Waals surface area contributed by atoms with E-state index in [0.717, 1.165) is 23.0 Å². The quantitative estimate of drug-likeness (QED) is 0.846. The number of benzene rings is 1. The van der Waals surface area contributed by atoms with E-state index in [4.69, 9.17) is 16.3 Å². The van der Waals surface area contributed by atoms with Crippen LogP contribution in [0.25, 0.3) is 0 Å². The summed E-state index contributed by atoms with van der Waals surface area (Å²) in [6, 6.07) is 5.76. The van der Waals surface area contributed by atoms with Crippen LogP contribution in [0.5, 0.6) is 0 Å². The number of ether oxygens (including phenoxy) is 1. The van der Waals surface area contributed by atoms with Gasteiger partial charge in [-0.2, -0.15) is 0 Å². The molecule has 1 N–H and O–H groups in total. The molecule has 1 aromatic carbocycles. The molecule has 0 radical (unpaired) electrons. The molecule has 0 amide bonds.